The second-order valence-electron chi connectivity index (χ2n) is 3.48. The van der Waals surface area contributed by atoms with Gasteiger partial charge in [0.1, 0.15) is 0 Å². The molecule has 72 valence electrons. The molecular formula is C8H17NO3. The van der Waals surface area contributed by atoms with Crippen LogP contribution in [0.15, 0.2) is 0 Å². The highest BCUT2D eigenvalue weighted by Crippen LogP contribution is 2.10. The maximum Gasteiger partial charge on any atom is 0.336 e. The molecule has 0 aromatic carbocycles. The third-order valence-corrected chi connectivity index (χ3v) is 1.17. The predicted octanol–water partition coefficient (Wildman–Crippen LogP) is 0.302. The van der Waals surface area contributed by atoms with Gasteiger partial charge in [-0.05, 0) is 20.8 Å². The highest BCUT2D eigenvalue weighted by atomic mass is 16.6. The van der Waals surface area contributed by atoms with Crippen LogP contribution in [0.3, 0.4) is 0 Å². The van der Waals surface area contributed by atoms with Crippen molar-refractivity contribution in [1.29, 1.82) is 0 Å². The number of methoxy groups -OCH3 is 1. The summed E-state index contributed by atoms with van der Waals surface area (Å²) in [6.45, 7) is 5.72. The summed E-state index contributed by atoms with van der Waals surface area (Å²) in [7, 11) is 1.32. The normalized spacial score (nSPS) is 14.1. The van der Waals surface area contributed by atoms with Gasteiger partial charge in [-0.2, -0.15) is 0 Å². The Morgan fingerprint density at radius 3 is 2.25 bits per heavy atom. The molecular weight excluding hydrogens is 158 g/mol. The lowest BCUT2D eigenvalue weighted by atomic mass is 10.2. The van der Waals surface area contributed by atoms with Gasteiger partial charge in [-0.1, -0.05) is 0 Å². The number of hydrogen-bond donors (Lipinski definition) is 1. The quantitative estimate of drug-likeness (QED) is 0.627. The van der Waals surface area contributed by atoms with Gasteiger partial charge in [-0.3, -0.25) is 0 Å². The van der Waals surface area contributed by atoms with Crippen LogP contribution < -0.4 is 5.73 Å². The molecule has 0 bridgehead atoms. The van der Waals surface area contributed by atoms with Gasteiger partial charge in [0, 0.05) is 6.54 Å². The minimum atomic E-state index is -0.657. The van der Waals surface area contributed by atoms with Crippen LogP contribution in [0.1, 0.15) is 20.8 Å². The minimum absolute atomic E-state index is 0.143. The molecule has 0 aromatic heterocycles. The molecule has 1 atom stereocenters. The van der Waals surface area contributed by atoms with Crippen molar-refractivity contribution in [1.82, 2.24) is 0 Å². The largest absolute Gasteiger partial charge is 0.467 e. The highest BCUT2D eigenvalue weighted by Gasteiger charge is 2.24. The smallest absolute Gasteiger partial charge is 0.336 e. The summed E-state index contributed by atoms with van der Waals surface area (Å²) >= 11 is 0. The molecule has 4 heteroatoms. The zero-order valence-electron chi connectivity index (χ0n) is 8.09. The zero-order chi connectivity index (χ0) is 9.78. The molecule has 4 nitrogen and oxygen atoms in total. The Balaban J connectivity index is 4.09. The Labute approximate surface area is 73.0 Å². The van der Waals surface area contributed by atoms with Gasteiger partial charge in [-0.15, -0.1) is 0 Å². The van der Waals surface area contributed by atoms with Crippen molar-refractivity contribution in [3.63, 3.8) is 0 Å². The van der Waals surface area contributed by atoms with Crippen LogP contribution in [-0.2, 0) is 14.3 Å². The topological polar surface area (TPSA) is 61.5 Å². The first kappa shape index (κ1) is 11.4. The first-order chi connectivity index (χ1) is 5.40. The summed E-state index contributed by atoms with van der Waals surface area (Å²) in [5, 5.41) is 0. The Hall–Kier alpha value is -0.610. The monoisotopic (exact) mass is 175 g/mol. The number of ether oxygens (including phenoxy) is 2. The molecule has 0 radical (unpaired) electrons. The van der Waals surface area contributed by atoms with E-state index in [4.69, 9.17) is 10.5 Å². The molecule has 0 fully saturated rings. The number of esters is 1. The Kier molecular flexibility index (Phi) is 4.20. The summed E-state index contributed by atoms with van der Waals surface area (Å²) < 4.78 is 9.85. The van der Waals surface area contributed by atoms with Crippen molar-refractivity contribution in [2.75, 3.05) is 13.7 Å². The van der Waals surface area contributed by atoms with Gasteiger partial charge in [0.2, 0.25) is 0 Å². The van der Waals surface area contributed by atoms with E-state index < -0.39 is 12.1 Å². The second-order valence-corrected chi connectivity index (χ2v) is 3.48. The fourth-order valence-electron chi connectivity index (χ4n) is 0.751. The van der Waals surface area contributed by atoms with E-state index in [1.807, 2.05) is 20.8 Å². The highest BCUT2D eigenvalue weighted by molar-refractivity contribution is 5.74. The fourth-order valence-corrected chi connectivity index (χ4v) is 0.751. The minimum Gasteiger partial charge on any atom is -0.467 e. The summed E-state index contributed by atoms with van der Waals surface area (Å²) in [5.74, 6) is -0.424. The van der Waals surface area contributed by atoms with Crippen molar-refractivity contribution >= 4 is 5.97 Å². The molecule has 0 aromatic rings. The van der Waals surface area contributed by atoms with Crippen molar-refractivity contribution < 1.29 is 14.3 Å². The molecule has 2 N–H and O–H groups in total. The van der Waals surface area contributed by atoms with E-state index in [1.165, 1.54) is 7.11 Å². The summed E-state index contributed by atoms with van der Waals surface area (Å²) in [6.07, 6.45) is -0.657. The van der Waals surface area contributed by atoms with E-state index in [-0.39, 0.29) is 12.1 Å². The average molecular weight is 175 g/mol. The van der Waals surface area contributed by atoms with Gasteiger partial charge < -0.3 is 15.2 Å². The van der Waals surface area contributed by atoms with Crippen LogP contribution in [0.4, 0.5) is 0 Å². The average Bonchev–Trinajstić information content (AvgIpc) is 1.97. The fraction of sp³-hybridized carbons (Fsp3) is 0.875. The summed E-state index contributed by atoms with van der Waals surface area (Å²) in [6, 6.07) is 0. The van der Waals surface area contributed by atoms with Crippen molar-refractivity contribution in [3.8, 4) is 0 Å². The zero-order valence-corrected chi connectivity index (χ0v) is 8.09. The SMILES string of the molecule is COC(=O)[C@H](CN)OC(C)(C)C. The molecule has 0 aliphatic rings. The molecule has 0 saturated carbocycles. The van der Waals surface area contributed by atoms with Crippen LogP contribution in [0.5, 0.6) is 0 Å². The van der Waals surface area contributed by atoms with E-state index in [1.54, 1.807) is 0 Å². The van der Waals surface area contributed by atoms with Crippen molar-refractivity contribution in [3.05, 3.63) is 0 Å². The number of hydrogen-bond acceptors (Lipinski definition) is 4. The summed E-state index contributed by atoms with van der Waals surface area (Å²) in [4.78, 5) is 11.0. The van der Waals surface area contributed by atoms with E-state index in [9.17, 15) is 4.79 Å². The van der Waals surface area contributed by atoms with Gasteiger partial charge in [-0.25, -0.2) is 4.79 Å². The lowest BCUT2D eigenvalue weighted by Gasteiger charge is -2.24. The first-order valence-electron chi connectivity index (χ1n) is 3.86. The molecule has 0 rings (SSSR count). The Morgan fingerprint density at radius 2 is 2.00 bits per heavy atom. The van der Waals surface area contributed by atoms with Crippen LogP contribution in [0.2, 0.25) is 0 Å². The molecule has 0 spiro atoms. The Morgan fingerprint density at radius 1 is 1.50 bits per heavy atom. The lowest BCUT2D eigenvalue weighted by Crippen LogP contribution is -2.39. The molecule has 0 aliphatic heterocycles. The van der Waals surface area contributed by atoms with E-state index in [2.05, 4.69) is 4.74 Å². The van der Waals surface area contributed by atoms with Gasteiger partial charge in [0.05, 0.1) is 12.7 Å². The maximum atomic E-state index is 11.0. The van der Waals surface area contributed by atoms with Gasteiger partial charge in [0.15, 0.2) is 6.10 Å². The standard InChI is InChI=1S/C8H17NO3/c1-8(2,3)12-6(5-9)7(10)11-4/h6H,5,9H2,1-4H3/t6-/m0/s1. The molecule has 0 heterocycles. The molecule has 0 unspecified atom stereocenters. The van der Waals surface area contributed by atoms with Crippen LogP contribution in [-0.4, -0.2) is 31.3 Å². The van der Waals surface area contributed by atoms with E-state index in [0.717, 1.165) is 0 Å². The second kappa shape index (κ2) is 4.42. The number of nitrogens with two attached hydrogens (primary N) is 1. The molecule has 0 saturated heterocycles. The molecule has 0 aliphatic carbocycles. The predicted molar refractivity (Wildman–Crippen MR) is 45.7 cm³/mol. The number of carbonyl (C=O) groups is 1. The lowest BCUT2D eigenvalue weighted by molar-refractivity contribution is -0.162. The summed E-state index contributed by atoms with van der Waals surface area (Å²) in [5.41, 5.74) is 4.95. The van der Waals surface area contributed by atoms with E-state index in [0.29, 0.717) is 0 Å². The Bertz CT molecular complexity index is 151. The van der Waals surface area contributed by atoms with Gasteiger partial charge >= 0.3 is 5.97 Å². The third-order valence-electron chi connectivity index (χ3n) is 1.17. The van der Waals surface area contributed by atoms with Crippen molar-refractivity contribution in [2.45, 2.75) is 32.5 Å². The molecule has 0 amide bonds. The van der Waals surface area contributed by atoms with Crippen molar-refractivity contribution in [2.24, 2.45) is 5.73 Å². The van der Waals surface area contributed by atoms with Crippen LogP contribution in [0.25, 0.3) is 0 Å². The van der Waals surface area contributed by atoms with Crippen LogP contribution >= 0.6 is 0 Å². The number of carbonyl (C=O) groups excluding carboxylic acids is 1. The number of rotatable bonds is 3. The molecule has 12 heavy (non-hydrogen) atoms. The van der Waals surface area contributed by atoms with E-state index >= 15 is 0 Å². The maximum absolute atomic E-state index is 11.0. The van der Waals surface area contributed by atoms with Crippen LogP contribution in [0, 0.1) is 0 Å². The van der Waals surface area contributed by atoms with Gasteiger partial charge in [0.25, 0.3) is 0 Å². The third kappa shape index (κ3) is 4.31. The first-order valence-corrected chi connectivity index (χ1v) is 3.86.